The third kappa shape index (κ3) is 6.05. The highest BCUT2D eigenvalue weighted by Crippen LogP contribution is 2.23. The van der Waals surface area contributed by atoms with Crippen LogP contribution in [0.1, 0.15) is 46.0 Å². The van der Waals surface area contributed by atoms with Crippen LogP contribution in [0.15, 0.2) is 0 Å². The summed E-state index contributed by atoms with van der Waals surface area (Å²) in [6.07, 6.45) is 5.47. The molecule has 1 amide bonds. The summed E-state index contributed by atoms with van der Waals surface area (Å²) < 4.78 is 0. The minimum atomic E-state index is -0.882. The number of rotatable bonds is 7. The molecule has 0 spiro atoms. The van der Waals surface area contributed by atoms with Crippen LogP contribution in [-0.4, -0.2) is 47.6 Å². The van der Waals surface area contributed by atoms with E-state index in [1.165, 1.54) is 19.3 Å². The van der Waals surface area contributed by atoms with E-state index in [0.29, 0.717) is 12.5 Å². The van der Waals surface area contributed by atoms with Gasteiger partial charge in [-0.3, -0.25) is 14.5 Å². The predicted octanol–water partition coefficient (Wildman–Crippen LogP) is 1.48. The van der Waals surface area contributed by atoms with Gasteiger partial charge >= 0.3 is 5.97 Å². The Labute approximate surface area is 115 Å². The van der Waals surface area contributed by atoms with Crippen molar-refractivity contribution >= 4 is 11.9 Å². The third-order valence-electron chi connectivity index (χ3n) is 3.72. The Morgan fingerprint density at radius 2 is 1.95 bits per heavy atom. The van der Waals surface area contributed by atoms with Gasteiger partial charge in [-0.05, 0) is 31.7 Å². The topological polar surface area (TPSA) is 69.6 Å². The lowest BCUT2D eigenvalue weighted by Crippen LogP contribution is -2.46. The molecular weight excluding hydrogens is 244 g/mol. The minimum Gasteiger partial charge on any atom is -0.480 e. The summed E-state index contributed by atoms with van der Waals surface area (Å²) in [4.78, 5) is 24.4. The van der Waals surface area contributed by atoms with Gasteiger partial charge in [0, 0.05) is 6.04 Å². The molecule has 19 heavy (non-hydrogen) atoms. The highest BCUT2D eigenvalue weighted by molar-refractivity contribution is 5.79. The number of aliphatic carboxylic acids is 1. The molecule has 0 aliphatic heterocycles. The Kier molecular flexibility index (Phi) is 6.84. The smallest absolute Gasteiger partial charge is 0.317 e. The second kappa shape index (κ2) is 8.15. The van der Waals surface area contributed by atoms with Gasteiger partial charge in [0.1, 0.15) is 0 Å². The highest BCUT2D eigenvalue weighted by atomic mass is 16.4. The number of nitrogens with one attached hydrogen (secondary N) is 1. The molecule has 110 valence electrons. The van der Waals surface area contributed by atoms with Crippen molar-refractivity contribution in [3.63, 3.8) is 0 Å². The monoisotopic (exact) mass is 270 g/mol. The van der Waals surface area contributed by atoms with Crippen LogP contribution in [0.25, 0.3) is 0 Å². The Morgan fingerprint density at radius 1 is 1.26 bits per heavy atom. The molecule has 1 aliphatic carbocycles. The standard InChI is InChI=1S/C14H26N2O3/c1-3-8-16(10-14(18)19)9-13(17)15-12-7-5-4-6-11(12)2/h11-12H,3-10H2,1-2H3,(H,15,17)(H,18,19). The molecule has 0 aromatic carbocycles. The van der Waals surface area contributed by atoms with Crippen molar-refractivity contribution in [3.05, 3.63) is 0 Å². The van der Waals surface area contributed by atoms with Crippen molar-refractivity contribution in [1.82, 2.24) is 10.2 Å². The lowest BCUT2D eigenvalue weighted by molar-refractivity contribution is -0.138. The number of hydrogen-bond acceptors (Lipinski definition) is 3. The molecule has 0 saturated heterocycles. The molecule has 1 aliphatic rings. The Bertz CT molecular complexity index is 307. The lowest BCUT2D eigenvalue weighted by atomic mass is 9.86. The zero-order valence-corrected chi connectivity index (χ0v) is 12.0. The van der Waals surface area contributed by atoms with Crippen molar-refractivity contribution < 1.29 is 14.7 Å². The van der Waals surface area contributed by atoms with Crippen LogP contribution in [0.4, 0.5) is 0 Å². The number of hydrogen-bond donors (Lipinski definition) is 2. The van der Waals surface area contributed by atoms with Crippen molar-refractivity contribution in [3.8, 4) is 0 Å². The number of carbonyl (C=O) groups is 2. The molecule has 2 N–H and O–H groups in total. The summed E-state index contributed by atoms with van der Waals surface area (Å²) in [5, 5.41) is 11.9. The molecule has 5 heteroatoms. The number of carbonyl (C=O) groups excluding carboxylic acids is 1. The van der Waals surface area contributed by atoms with E-state index in [0.717, 1.165) is 12.8 Å². The molecule has 0 aromatic heterocycles. The van der Waals surface area contributed by atoms with Crippen LogP contribution in [0, 0.1) is 5.92 Å². The van der Waals surface area contributed by atoms with E-state index in [1.807, 2.05) is 6.92 Å². The summed E-state index contributed by atoms with van der Waals surface area (Å²) in [6, 6.07) is 0.259. The van der Waals surface area contributed by atoms with Crippen LogP contribution >= 0.6 is 0 Å². The first-order chi connectivity index (χ1) is 9.02. The van der Waals surface area contributed by atoms with E-state index in [2.05, 4.69) is 12.2 Å². The van der Waals surface area contributed by atoms with Gasteiger partial charge < -0.3 is 10.4 Å². The van der Waals surface area contributed by atoms with E-state index in [-0.39, 0.29) is 25.0 Å². The van der Waals surface area contributed by atoms with Gasteiger partial charge in [-0.15, -0.1) is 0 Å². The highest BCUT2D eigenvalue weighted by Gasteiger charge is 2.23. The maximum atomic E-state index is 12.0. The van der Waals surface area contributed by atoms with Gasteiger partial charge in [0.2, 0.25) is 5.91 Å². The van der Waals surface area contributed by atoms with E-state index in [9.17, 15) is 9.59 Å². The fraction of sp³-hybridized carbons (Fsp3) is 0.857. The van der Waals surface area contributed by atoms with Crippen molar-refractivity contribution in [2.45, 2.75) is 52.0 Å². The number of amides is 1. The first kappa shape index (κ1) is 16.0. The van der Waals surface area contributed by atoms with Crippen LogP contribution in [-0.2, 0) is 9.59 Å². The molecule has 1 saturated carbocycles. The van der Waals surface area contributed by atoms with Crippen LogP contribution in [0.3, 0.4) is 0 Å². The van der Waals surface area contributed by atoms with Gasteiger partial charge in [-0.2, -0.15) is 0 Å². The van der Waals surface area contributed by atoms with E-state index in [4.69, 9.17) is 5.11 Å². The van der Waals surface area contributed by atoms with Gasteiger partial charge in [0.05, 0.1) is 13.1 Å². The average Bonchev–Trinajstić information content (AvgIpc) is 2.31. The first-order valence-corrected chi connectivity index (χ1v) is 7.26. The molecule has 0 heterocycles. The van der Waals surface area contributed by atoms with Gasteiger partial charge in [0.25, 0.3) is 0 Å². The number of carboxylic acids is 1. The zero-order chi connectivity index (χ0) is 14.3. The molecular formula is C14H26N2O3. The van der Waals surface area contributed by atoms with Crippen molar-refractivity contribution in [1.29, 1.82) is 0 Å². The van der Waals surface area contributed by atoms with Gasteiger partial charge in [-0.1, -0.05) is 26.7 Å². The maximum Gasteiger partial charge on any atom is 0.317 e. The number of carboxylic acid groups (broad SMARTS) is 1. The zero-order valence-electron chi connectivity index (χ0n) is 12.0. The maximum absolute atomic E-state index is 12.0. The Balaban J connectivity index is 2.40. The van der Waals surface area contributed by atoms with Crippen molar-refractivity contribution in [2.24, 2.45) is 5.92 Å². The fourth-order valence-electron chi connectivity index (χ4n) is 2.71. The van der Waals surface area contributed by atoms with Gasteiger partial charge in [-0.25, -0.2) is 0 Å². The lowest BCUT2D eigenvalue weighted by Gasteiger charge is -2.30. The number of nitrogens with zero attached hydrogens (tertiary/aromatic N) is 1. The van der Waals surface area contributed by atoms with E-state index >= 15 is 0 Å². The SMILES string of the molecule is CCCN(CC(=O)O)CC(=O)NC1CCCCC1C. The Hall–Kier alpha value is -1.10. The van der Waals surface area contributed by atoms with Crippen molar-refractivity contribution in [2.75, 3.05) is 19.6 Å². The van der Waals surface area contributed by atoms with Crippen LogP contribution in [0.5, 0.6) is 0 Å². The van der Waals surface area contributed by atoms with Crippen LogP contribution < -0.4 is 5.32 Å². The molecule has 1 fully saturated rings. The molecule has 0 radical (unpaired) electrons. The summed E-state index contributed by atoms with van der Waals surface area (Å²) in [5.74, 6) is -0.405. The van der Waals surface area contributed by atoms with Gasteiger partial charge in [0.15, 0.2) is 0 Å². The molecule has 0 bridgehead atoms. The van der Waals surface area contributed by atoms with E-state index in [1.54, 1.807) is 4.90 Å². The normalized spacial score (nSPS) is 23.3. The predicted molar refractivity (Wildman–Crippen MR) is 73.9 cm³/mol. The molecule has 1 rings (SSSR count). The summed E-state index contributed by atoms with van der Waals surface area (Å²) >= 11 is 0. The largest absolute Gasteiger partial charge is 0.480 e. The van der Waals surface area contributed by atoms with Crippen LogP contribution in [0.2, 0.25) is 0 Å². The summed E-state index contributed by atoms with van der Waals surface area (Å²) in [6.45, 7) is 4.91. The second-order valence-corrected chi connectivity index (χ2v) is 5.54. The molecule has 2 unspecified atom stereocenters. The summed E-state index contributed by atoms with van der Waals surface area (Å²) in [7, 11) is 0. The van der Waals surface area contributed by atoms with E-state index < -0.39 is 5.97 Å². The molecule has 5 nitrogen and oxygen atoms in total. The quantitative estimate of drug-likeness (QED) is 0.735. The third-order valence-corrected chi connectivity index (χ3v) is 3.72. The molecule has 2 atom stereocenters. The summed E-state index contributed by atoms with van der Waals surface area (Å²) in [5.41, 5.74) is 0. The first-order valence-electron chi connectivity index (χ1n) is 7.26. The Morgan fingerprint density at radius 3 is 2.53 bits per heavy atom. The fourth-order valence-corrected chi connectivity index (χ4v) is 2.71. The minimum absolute atomic E-state index is 0.0477. The average molecular weight is 270 g/mol. The molecule has 0 aromatic rings. The second-order valence-electron chi connectivity index (χ2n) is 5.54.